The van der Waals surface area contributed by atoms with E-state index in [0.717, 1.165) is 24.8 Å². The predicted octanol–water partition coefficient (Wildman–Crippen LogP) is 2.53. The van der Waals surface area contributed by atoms with Crippen LogP contribution in [-0.2, 0) is 20.7 Å². The van der Waals surface area contributed by atoms with E-state index >= 15 is 0 Å². The fourth-order valence-electron chi connectivity index (χ4n) is 5.48. The lowest BCUT2D eigenvalue weighted by atomic mass is 9.80. The van der Waals surface area contributed by atoms with E-state index in [4.69, 9.17) is 9.47 Å². The van der Waals surface area contributed by atoms with E-state index in [9.17, 15) is 9.90 Å². The molecule has 3 aliphatic rings. The lowest BCUT2D eigenvalue weighted by Gasteiger charge is -2.47. The number of hydrogen-bond acceptors (Lipinski definition) is 5. The number of ether oxygens (including phenoxy) is 2. The molecule has 6 atom stereocenters. The molecule has 2 bridgehead atoms. The summed E-state index contributed by atoms with van der Waals surface area (Å²) in [4.78, 5) is 15.3. The Morgan fingerprint density at radius 2 is 1.90 bits per heavy atom. The number of aliphatic hydroxyl groups excluding tert-OH is 1. The molecule has 3 fully saturated rings. The second-order valence-corrected chi connectivity index (χ2v) is 8.61. The van der Waals surface area contributed by atoms with Crippen molar-refractivity contribution in [3.63, 3.8) is 0 Å². The van der Waals surface area contributed by atoms with Crippen molar-refractivity contribution in [1.82, 2.24) is 4.90 Å². The maximum atomic E-state index is 12.9. The van der Waals surface area contributed by atoms with Crippen LogP contribution in [-0.4, -0.2) is 59.5 Å². The van der Waals surface area contributed by atoms with Gasteiger partial charge < -0.3 is 14.6 Å². The number of nitrogens with zero attached hydrogens (tertiary/aromatic N) is 1. The molecule has 29 heavy (non-hydrogen) atoms. The first kappa shape index (κ1) is 18.8. The predicted molar refractivity (Wildman–Crippen MR) is 108 cm³/mol. The molecule has 3 aliphatic heterocycles. The number of carbonyl (C=O) groups is 1. The van der Waals surface area contributed by atoms with E-state index in [-0.39, 0.29) is 42.5 Å². The van der Waals surface area contributed by atoms with Crippen molar-refractivity contribution >= 4 is 5.97 Å². The van der Waals surface area contributed by atoms with Crippen LogP contribution in [0.15, 0.2) is 60.7 Å². The summed E-state index contributed by atoms with van der Waals surface area (Å²) in [6.07, 6.45) is 2.74. The Hall–Kier alpha value is -2.21. The van der Waals surface area contributed by atoms with Gasteiger partial charge in [-0.1, -0.05) is 60.7 Å². The summed E-state index contributed by atoms with van der Waals surface area (Å²) in [6.45, 7) is -0.248. The van der Waals surface area contributed by atoms with E-state index in [1.54, 1.807) is 0 Å². The monoisotopic (exact) mass is 393 g/mol. The fourth-order valence-corrected chi connectivity index (χ4v) is 5.48. The maximum Gasteiger partial charge on any atom is 0.316 e. The summed E-state index contributed by atoms with van der Waals surface area (Å²) in [5.41, 5.74) is 1.93. The number of carbonyl (C=O) groups excluding carboxylic acids is 1. The number of rotatable bonds is 6. The number of morpholine rings is 1. The molecule has 152 valence electrons. The number of piperidine rings is 1. The van der Waals surface area contributed by atoms with Gasteiger partial charge in [-0.2, -0.15) is 0 Å². The van der Waals surface area contributed by atoms with Crippen molar-refractivity contribution in [1.29, 1.82) is 0 Å². The number of epoxide rings is 1. The molecule has 6 unspecified atom stereocenters. The Kier molecular flexibility index (Phi) is 4.69. The van der Waals surface area contributed by atoms with Crippen LogP contribution in [0.3, 0.4) is 0 Å². The van der Waals surface area contributed by atoms with Gasteiger partial charge >= 0.3 is 5.97 Å². The van der Waals surface area contributed by atoms with Crippen LogP contribution in [0, 0.1) is 0 Å². The topological polar surface area (TPSA) is 62.3 Å². The lowest BCUT2D eigenvalue weighted by Crippen LogP contribution is -2.58. The zero-order chi connectivity index (χ0) is 20.0. The first-order valence-corrected chi connectivity index (χ1v) is 10.4. The minimum absolute atomic E-state index is 0.138. The van der Waals surface area contributed by atoms with E-state index < -0.39 is 5.92 Å². The van der Waals surface area contributed by atoms with Gasteiger partial charge in [-0.25, -0.2) is 0 Å². The van der Waals surface area contributed by atoms with Crippen molar-refractivity contribution in [2.75, 3.05) is 13.7 Å². The summed E-state index contributed by atoms with van der Waals surface area (Å²) >= 11 is 0. The highest BCUT2D eigenvalue weighted by Crippen LogP contribution is 2.56. The highest BCUT2D eigenvalue weighted by Gasteiger charge is 2.70. The molecule has 0 radical (unpaired) electrons. The largest absolute Gasteiger partial charge is 0.462 e. The van der Waals surface area contributed by atoms with Crippen LogP contribution in [0.2, 0.25) is 0 Å². The average molecular weight is 393 g/mol. The van der Waals surface area contributed by atoms with Crippen LogP contribution in [0.4, 0.5) is 0 Å². The smallest absolute Gasteiger partial charge is 0.316 e. The second-order valence-electron chi connectivity index (χ2n) is 8.61. The number of hydrogen-bond donors (Lipinski definition) is 1. The summed E-state index contributed by atoms with van der Waals surface area (Å²) in [6, 6.07) is 20.1. The number of esters is 1. The first-order chi connectivity index (χ1) is 14.1. The van der Waals surface area contributed by atoms with Crippen LogP contribution in [0.1, 0.15) is 29.9 Å². The Morgan fingerprint density at radius 3 is 2.59 bits per heavy atom. The Labute approximate surface area is 171 Å². The maximum absolute atomic E-state index is 12.9. The molecule has 0 amide bonds. The summed E-state index contributed by atoms with van der Waals surface area (Å²) < 4.78 is 12.0. The van der Waals surface area contributed by atoms with Gasteiger partial charge in [0.25, 0.3) is 0 Å². The van der Waals surface area contributed by atoms with Gasteiger partial charge in [-0.15, -0.1) is 0 Å². The molecule has 0 spiro atoms. The van der Waals surface area contributed by atoms with Gasteiger partial charge in [-0.3, -0.25) is 9.69 Å². The van der Waals surface area contributed by atoms with Gasteiger partial charge in [0.05, 0.1) is 12.1 Å². The van der Waals surface area contributed by atoms with Gasteiger partial charge in [0.15, 0.2) is 0 Å². The van der Waals surface area contributed by atoms with E-state index in [0.29, 0.717) is 0 Å². The Bertz CT molecular complexity index is 873. The zero-order valence-corrected chi connectivity index (χ0v) is 16.6. The minimum Gasteiger partial charge on any atom is -0.462 e. The third-order valence-electron chi connectivity index (χ3n) is 7.02. The quantitative estimate of drug-likeness (QED) is 0.604. The molecule has 1 N–H and O–H groups in total. The van der Waals surface area contributed by atoms with E-state index in [1.807, 2.05) is 36.4 Å². The third kappa shape index (κ3) is 3.18. The van der Waals surface area contributed by atoms with E-state index in [2.05, 4.69) is 36.2 Å². The molecular weight excluding hydrogens is 366 g/mol. The van der Waals surface area contributed by atoms with Crippen LogP contribution in [0.25, 0.3) is 0 Å². The Morgan fingerprint density at radius 1 is 1.21 bits per heavy atom. The van der Waals surface area contributed by atoms with E-state index in [1.165, 1.54) is 5.56 Å². The molecule has 3 heterocycles. The fraction of sp³-hybridized carbons (Fsp3) is 0.458. The molecule has 0 saturated carbocycles. The van der Waals surface area contributed by atoms with Gasteiger partial charge in [0.2, 0.25) is 0 Å². The molecule has 2 aromatic carbocycles. The van der Waals surface area contributed by atoms with Crippen LogP contribution < -0.4 is 0 Å². The number of likely N-dealkylation sites (N-methyl/N-ethyl adjacent to an activating group) is 1. The molecule has 3 saturated heterocycles. The summed E-state index contributed by atoms with van der Waals surface area (Å²) in [5, 5.41) is 9.80. The van der Waals surface area contributed by atoms with Crippen molar-refractivity contribution < 1.29 is 19.4 Å². The van der Waals surface area contributed by atoms with Crippen molar-refractivity contribution in [3.8, 4) is 0 Å². The number of aliphatic hydroxyl groups is 1. The summed E-state index contributed by atoms with van der Waals surface area (Å²) in [5.74, 6) is -0.971. The van der Waals surface area contributed by atoms with Gasteiger partial charge in [0, 0.05) is 18.9 Å². The standard InChI is InChI=1S/C24H27NO4/c1-25-20-12-18(28-23(27)19(15-26)17-10-6-3-7-11-17)14-24(25,22-21(20)29-22)13-16-8-4-2-5-9-16/h2-11,18-22,26H,12-15H2,1H3. The molecule has 5 heteroatoms. The highest BCUT2D eigenvalue weighted by molar-refractivity contribution is 5.78. The average Bonchev–Trinajstić information content (AvgIpc) is 3.51. The number of benzene rings is 2. The lowest BCUT2D eigenvalue weighted by molar-refractivity contribution is -0.160. The highest BCUT2D eigenvalue weighted by atomic mass is 16.6. The molecule has 0 aromatic heterocycles. The van der Waals surface area contributed by atoms with Crippen molar-refractivity contribution in [2.45, 2.75) is 55.1 Å². The van der Waals surface area contributed by atoms with Gasteiger partial charge in [0.1, 0.15) is 24.2 Å². The molecule has 0 aliphatic carbocycles. The van der Waals surface area contributed by atoms with Crippen LogP contribution in [0.5, 0.6) is 0 Å². The SMILES string of the molecule is CN1C2CC(OC(=O)C(CO)c3ccccc3)CC1(Cc1ccccc1)C1OC21. The molecular formula is C24H27NO4. The van der Waals surface area contributed by atoms with Crippen molar-refractivity contribution in [2.24, 2.45) is 0 Å². The summed E-state index contributed by atoms with van der Waals surface area (Å²) in [7, 11) is 2.18. The van der Waals surface area contributed by atoms with Crippen molar-refractivity contribution in [3.05, 3.63) is 71.8 Å². The molecule has 5 nitrogen and oxygen atoms in total. The normalized spacial score (nSPS) is 33.7. The molecule has 2 aromatic rings. The Balaban J connectivity index is 1.34. The zero-order valence-electron chi connectivity index (χ0n) is 16.6. The first-order valence-electron chi connectivity index (χ1n) is 10.4. The number of fused-ring (bicyclic) bond motifs is 5. The van der Waals surface area contributed by atoms with Gasteiger partial charge in [-0.05, 0) is 24.6 Å². The third-order valence-corrected chi connectivity index (χ3v) is 7.02. The minimum atomic E-state index is -0.635. The van der Waals surface area contributed by atoms with Crippen LogP contribution >= 0.6 is 0 Å². The molecule has 5 rings (SSSR count). The second kappa shape index (κ2) is 7.24.